The van der Waals surface area contributed by atoms with Gasteiger partial charge in [0.05, 0.1) is 14.4 Å². The smallest absolute Gasteiger partial charge is 0.539 e. The maximum Gasteiger partial charge on any atom is 1.00 e. The first kappa shape index (κ1) is 13.5. The molecule has 0 saturated carbocycles. The minimum atomic E-state index is -0.440. The van der Waals surface area contributed by atoms with Gasteiger partial charge in [0, 0.05) is 0 Å². The Morgan fingerprint density at radius 2 is 1.50 bits per heavy atom. The summed E-state index contributed by atoms with van der Waals surface area (Å²) in [5, 5.41) is 2.94. The summed E-state index contributed by atoms with van der Waals surface area (Å²) in [6.07, 6.45) is 4.40. The van der Waals surface area contributed by atoms with Gasteiger partial charge >= 0.3 is 29.6 Å². The summed E-state index contributed by atoms with van der Waals surface area (Å²) in [5.74, 6) is 0. The molecule has 1 heterocycles. The molecule has 0 atom stereocenters. The van der Waals surface area contributed by atoms with Crippen LogP contribution in [-0.2, 0) is 0 Å². The van der Waals surface area contributed by atoms with E-state index in [1.807, 2.05) is 0 Å². The van der Waals surface area contributed by atoms with E-state index < -0.39 is 14.4 Å². The summed E-state index contributed by atoms with van der Waals surface area (Å²) in [4.78, 5) is 0. The Hall–Kier alpha value is 1.49. The maximum atomic E-state index is 2.81. The van der Waals surface area contributed by atoms with Gasteiger partial charge in [0.25, 0.3) is 0 Å². The van der Waals surface area contributed by atoms with Crippen LogP contribution in [0.15, 0.2) is 0 Å². The molecule has 1 fully saturated rings. The topological polar surface area (TPSA) is 3.24 Å². The van der Waals surface area contributed by atoms with Crippen molar-refractivity contribution in [1.29, 1.82) is 0 Å². The molecule has 0 bridgehead atoms. The summed E-state index contributed by atoms with van der Waals surface area (Å²) in [7, 11) is 0. The zero-order valence-corrected chi connectivity index (χ0v) is 12.1. The molecular formula is C9H20AlNNa. The average molecular weight is 192 g/mol. The summed E-state index contributed by atoms with van der Waals surface area (Å²) in [5.41, 5.74) is 0. The van der Waals surface area contributed by atoms with Crippen molar-refractivity contribution in [2.75, 3.05) is 13.1 Å². The van der Waals surface area contributed by atoms with E-state index in [0.29, 0.717) is 0 Å². The molecule has 0 spiro atoms. The molecule has 65 valence electrons. The minimum Gasteiger partial charge on any atom is -0.539 e. The first-order valence-electron chi connectivity index (χ1n) is 5.12. The van der Waals surface area contributed by atoms with Gasteiger partial charge < -0.3 is 3.88 Å². The van der Waals surface area contributed by atoms with E-state index in [-0.39, 0.29) is 29.6 Å². The summed E-state index contributed by atoms with van der Waals surface area (Å²) in [6.45, 7) is 7.57. The largest absolute Gasteiger partial charge is 1.00 e. The van der Waals surface area contributed by atoms with Crippen LogP contribution in [-0.4, -0.2) is 31.3 Å². The van der Waals surface area contributed by atoms with Crippen molar-refractivity contribution in [1.82, 2.24) is 3.88 Å². The third kappa shape index (κ3) is 4.13. The van der Waals surface area contributed by atoms with Gasteiger partial charge in [-0.15, -0.1) is 13.8 Å². The van der Waals surface area contributed by atoms with Crippen molar-refractivity contribution >= 4 is 14.4 Å². The number of nitrogens with zero attached hydrogens (tertiary/aromatic N) is 1. The van der Waals surface area contributed by atoms with Crippen molar-refractivity contribution in [3.63, 3.8) is 0 Å². The van der Waals surface area contributed by atoms with E-state index in [9.17, 15) is 0 Å². The molecule has 0 N–H and O–H groups in total. The molecule has 0 aromatic rings. The van der Waals surface area contributed by atoms with Crippen molar-refractivity contribution in [3.05, 3.63) is 0 Å². The Bertz CT molecular complexity index is 101. The van der Waals surface area contributed by atoms with Crippen LogP contribution in [0.1, 0.15) is 33.1 Å². The minimum absolute atomic E-state index is 0. The van der Waals surface area contributed by atoms with Gasteiger partial charge in [-0.1, -0.05) is 6.42 Å². The predicted octanol–water partition coefficient (Wildman–Crippen LogP) is -0.492. The Kier molecular flexibility index (Phi) is 8.83. The zero-order chi connectivity index (χ0) is 8.10. The van der Waals surface area contributed by atoms with Crippen LogP contribution in [0.3, 0.4) is 0 Å². The van der Waals surface area contributed by atoms with E-state index in [2.05, 4.69) is 17.7 Å². The van der Waals surface area contributed by atoms with Crippen LogP contribution >= 0.6 is 0 Å². The number of piperidine rings is 1. The third-order valence-electron chi connectivity index (χ3n) is 2.85. The number of rotatable bonds is 3. The van der Waals surface area contributed by atoms with E-state index in [0.717, 1.165) is 0 Å². The normalized spacial score (nSPS) is 19.2. The molecule has 3 heteroatoms. The standard InChI is InChI=1S/C5H10N.2C2H5.Al.Na/c1-2-4-6-5-3-1;2*1-2;;/h1-5H2;2*1H2,2H3;;/q-1;;;;+1. The maximum absolute atomic E-state index is 2.81. The van der Waals surface area contributed by atoms with Crippen molar-refractivity contribution in [3.8, 4) is 0 Å². The second-order valence-corrected chi connectivity index (χ2v) is 7.24. The molecular weight excluding hydrogens is 172 g/mol. The van der Waals surface area contributed by atoms with Gasteiger partial charge in [0.15, 0.2) is 0 Å². The fourth-order valence-corrected chi connectivity index (χ4v) is 4.79. The van der Waals surface area contributed by atoms with E-state index in [1.165, 1.54) is 42.9 Å². The summed E-state index contributed by atoms with van der Waals surface area (Å²) < 4.78 is 2.81. The van der Waals surface area contributed by atoms with E-state index >= 15 is 0 Å². The van der Waals surface area contributed by atoms with Gasteiger partial charge in [-0.05, 0) is 25.9 Å². The Morgan fingerprint density at radius 3 is 1.92 bits per heavy atom. The third-order valence-corrected chi connectivity index (χ3v) is 6.28. The zero-order valence-electron chi connectivity index (χ0n) is 8.97. The van der Waals surface area contributed by atoms with Crippen LogP contribution in [0.5, 0.6) is 0 Å². The van der Waals surface area contributed by atoms with Crippen molar-refractivity contribution < 1.29 is 29.6 Å². The second kappa shape index (κ2) is 7.86. The Balaban J connectivity index is 0.00000121. The fourth-order valence-electron chi connectivity index (χ4n) is 2.09. The van der Waals surface area contributed by atoms with E-state index in [1.54, 1.807) is 0 Å². The molecule has 0 aromatic carbocycles. The molecule has 0 aromatic heterocycles. The van der Waals surface area contributed by atoms with Crippen molar-refractivity contribution in [2.24, 2.45) is 0 Å². The SMILES string of the molecule is C[CH2][Al-]([CH2]C)[N]1CCCCC1.[Na+]. The van der Waals surface area contributed by atoms with Gasteiger partial charge in [0.2, 0.25) is 0 Å². The molecule has 0 amide bonds. The molecule has 1 aliphatic rings. The second-order valence-electron chi connectivity index (χ2n) is 3.57. The van der Waals surface area contributed by atoms with Crippen molar-refractivity contribution in [2.45, 2.75) is 43.7 Å². The Labute approximate surface area is 104 Å². The van der Waals surface area contributed by atoms with Crippen LogP contribution in [0, 0.1) is 0 Å². The van der Waals surface area contributed by atoms with Crippen LogP contribution in [0.2, 0.25) is 10.6 Å². The number of hydrogen-bond donors (Lipinski definition) is 0. The summed E-state index contributed by atoms with van der Waals surface area (Å²) >= 11 is -0.440. The van der Waals surface area contributed by atoms with E-state index in [4.69, 9.17) is 0 Å². The first-order valence-corrected chi connectivity index (χ1v) is 7.27. The van der Waals surface area contributed by atoms with Crippen LogP contribution < -0.4 is 29.6 Å². The fraction of sp³-hybridized carbons (Fsp3) is 1.00. The molecule has 12 heavy (non-hydrogen) atoms. The molecule has 1 rings (SSSR count). The van der Waals surface area contributed by atoms with Gasteiger partial charge in [0.1, 0.15) is 0 Å². The van der Waals surface area contributed by atoms with Crippen LogP contribution in [0.4, 0.5) is 0 Å². The molecule has 1 aliphatic heterocycles. The monoisotopic (exact) mass is 192 g/mol. The summed E-state index contributed by atoms with van der Waals surface area (Å²) in [6, 6.07) is 0. The predicted molar refractivity (Wildman–Crippen MR) is 52.1 cm³/mol. The first-order chi connectivity index (χ1) is 5.38. The van der Waals surface area contributed by atoms with Gasteiger partial charge in [-0.2, -0.15) is 0 Å². The average Bonchev–Trinajstić information content (AvgIpc) is 2.09. The molecule has 1 nitrogen and oxygen atoms in total. The molecule has 1 radical (unpaired) electrons. The quantitative estimate of drug-likeness (QED) is 0.545. The van der Waals surface area contributed by atoms with Gasteiger partial charge in [-0.3, -0.25) is 0 Å². The number of hydrogen-bond acceptors (Lipinski definition) is 1. The molecule has 1 saturated heterocycles. The van der Waals surface area contributed by atoms with Crippen LogP contribution in [0.25, 0.3) is 0 Å². The Morgan fingerprint density at radius 1 is 1.00 bits per heavy atom. The molecule has 0 unspecified atom stereocenters. The molecule has 0 aliphatic carbocycles. The van der Waals surface area contributed by atoms with Gasteiger partial charge in [-0.25, -0.2) is 10.6 Å².